The molecule has 14 heteroatoms. The van der Waals surface area contributed by atoms with Crippen molar-refractivity contribution in [3.8, 4) is 0 Å². The molecule has 1 aliphatic carbocycles. The first-order valence-corrected chi connectivity index (χ1v) is 15.8. The molecule has 2 fully saturated rings. The molecule has 2 atom stereocenters. The number of carbonyl (C=O) groups is 6. The van der Waals surface area contributed by atoms with E-state index in [2.05, 4.69) is 21.3 Å². The van der Waals surface area contributed by atoms with Gasteiger partial charge in [0.25, 0.3) is 17.7 Å². The van der Waals surface area contributed by atoms with Crippen LogP contribution in [0.25, 0.3) is 0 Å². The number of fused-ring (bicyclic) bond motifs is 1. The molecule has 0 aromatic heterocycles. The first kappa shape index (κ1) is 33.7. The number of hydrogen-bond acceptors (Lipinski definition) is 10. The number of rotatable bonds is 18. The van der Waals surface area contributed by atoms with E-state index >= 15 is 0 Å². The predicted octanol–water partition coefficient (Wildman–Crippen LogP) is 0.874. The number of amides is 6. The number of carbonyl (C=O) groups excluding carboxylic acids is 6. The third-order valence-electron chi connectivity index (χ3n) is 8.02. The van der Waals surface area contributed by atoms with Crippen molar-refractivity contribution < 1.29 is 43.0 Å². The van der Waals surface area contributed by atoms with E-state index < -0.39 is 35.7 Å². The molecule has 2 aromatic rings. The van der Waals surface area contributed by atoms with Gasteiger partial charge in [0.1, 0.15) is 12.1 Å². The Kier molecular flexibility index (Phi) is 11.7. The van der Waals surface area contributed by atoms with Crippen molar-refractivity contribution in [1.82, 2.24) is 20.9 Å². The summed E-state index contributed by atoms with van der Waals surface area (Å²) >= 11 is 0. The first-order chi connectivity index (χ1) is 22.8. The topological polar surface area (TPSA) is 181 Å². The van der Waals surface area contributed by atoms with Gasteiger partial charge in [-0.3, -0.25) is 39.0 Å². The van der Waals surface area contributed by atoms with E-state index in [9.17, 15) is 28.8 Å². The van der Waals surface area contributed by atoms with Crippen LogP contribution in [0, 0.1) is 5.92 Å². The van der Waals surface area contributed by atoms with Crippen LogP contribution < -0.4 is 21.3 Å². The summed E-state index contributed by atoms with van der Waals surface area (Å²) in [5, 5.41) is 11.0. The highest BCUT2D eigenvalue weighted by Gasteiger charge is 2.45. The monoisotopic (exact) mass is 649 g/mol. The fourth-order valence-corrected chi connectivity index (χ4v) is 5.46. The zero-order valence-electron chi connectivity index (χ0n) is 26.0. The summed E-state index contributed by atoms with van der Waals surface area (Å²) in [6, 6.07) is 12.1. The first-order valence-electron chi connectivity index (χ1n) is 15.8. The molecule has 4 N–H and O–H groups in total. The second kappa shape index (κ2) is 16.3. The lowest BCUT2D eigenvalue weighted by atomic mass is 10.0. The van der Waals surface area contributed by atoms with Crippen molar-refractivity contribution in [2.24, 2.45) is 5.92 Å². The fraction of sp³-hybridized carbons (Fsp3) is 0.455. The fourth-order valence-electron chi connectivity index (χ4n) is 5.46. The van der Waals surface area contributed by atoms with Crippen molar-refractivity contribution in [2.75, 3.05) is 58.0 Å². The van der Waals surface area contributed by atoms with Crippen molar-refractivity contribution >= 4 is 41.1 Å². The molecule has 6 amide bonds. The van der Waals surface area contributed by atoms with E-state index in [0.717, 1.165) is 17.7 Å². The number of benzene rings is 2. The summed E-state index contributed by atoms with van der Waals surface area (Å²) in [4.78, 5) is 75.9. The Hall–Kier alpha value is -4.66. The Morgan fingerprint density at radius 2 is 1.49 bits per heavy atom. The lowest BCUT2D eigenvalue weighted by Gasteiger charge is -2.27. The molecule has 14 nitrogen and oxygen atoms in total. The molecule has 2 aliphatic heterocycles. The van der Waals surface area contributed by atoms with Gasteiger partial charge in [-0.2, -0.15) is 0 Å². The van der Waals surface area contributed by atoms with Gasteiger partial charge in [-0.25, -0.2) is 0 Å². The van der Waals surface area contributed by atoms with E-state index in [-0.39, 0.29) is 41.7 Å². The Labute approximate surface area is 271 Å². The van der Waals surface area contributed by atoms with Crippen molar-refractivity contribution in [3.63, 3.8) is 0 Å². The van der Waals surface area contributed by atoms with Crippen LogP contribution in [0.1, 0.15) is 56.8 Å². The molecule has 2 heterocycles. The Balaban J connectivity index is 0.906. The SMILES string of the molecule is O=C1CCC(N2C(=O)c3cccc(NCCOCCOCCOCCNC(=O)C(NC(=O)c4ccccc4)C4CC4)c3C2=O)C(=O)N1. The predicted molar refractivity (Wildman–Crippen MR) is 167 cm³/mol. The van der Waals surface area contributed by atoms with Gasteiger partial charge >= 0.3 is 0 Å². The number of imide groups is 2. The summed E-state index contributed by atoms with van der Waals surface area (Å²) < 4.78 is 16.6. The molecule has 1 saturated carbocycles. The van der Waals surface area contributed by atoms with Gasteiger partial charge in [0.05, 0.1) is 50.8 Å². The highest BCUT2D eigenvalue weighted by Crippen LogP contribution is 2.33. The van der Waals surface area contributed by atoms with E-state index in [1.54, 1.807) is 42.5 Å². The Morgan fingerprint density at radius 1 is 0.809 bits per heavy atom. The molecule has 0 radical (unpaired) electrons. The van der Waals surface area contributed by atoms with Gasteiger partial charge in [-0.05, 0) is 49.4 Å². The standard InChI is InChI=1S/C33H39N5O9/c39-26-12-11-25(30(41)36-26)38-32(43)23-7-4-8-24(27(23)33(38)44)34-13-15-45-17-19-47-20-18-46-16-14-35-31(42)28(21-9-10-21)37-29(40)22-5-2-1-3-6-22/h1-8,21,25,28,34H,9-20H2,(H,35,42)(H,37,40)(H,36,39,41). The maximum atomic E-state index is 13.1. The highest BCUT2D eigenvalue weighted by molar-refractivity contribution is 6.25. The van der Waals surface area contributed by atoms with E-state index in [1.807, 2.05) is 6.07 Å². The number of nitrogens with zero attached hydrogens (tertiary/aromatic N) is 1. The third-order valence-corrected chi connectivity index (χ3v) is 8.02. The van der Waals surface area contributed by atoms with Crippen LogP contribution in [0.4, 0.5) is 5.69 Å². The summed E-state index contributed by atoms with van der Waals surface area (Å²) in [6.45, 7) is 2.68. The van der Waals surface area contributed by atoms with Crippen molar-refractivity contribution in [3.05, 3.63) is 65.2 Å². The summed E-state index contributed by atoms with van der Waals surface area (Å²) in [5.41, 5.74) is 1.38. The number of nitrogens with one attached hydrogen (secondary N) is 4. The van der Waals surface area contributed by atoms with E-state index in [0.29, 0.717) is 64.0 Å². The molecule has 3 aliphatic rings. The molecule has 0 spiro atoms. The lowest BCUT2D eigenvalue weighted by Crippen LogP contribution is -2.54. The smallest absolute Gasteiger partial charge is 0.264 e. The van der Waals surface area contributed by atoms with Gasteiger partial charge in [-0.15, -0.1) is 0 Å². The van der Waals surface area contributed by atoms with Crippen LogP contribution in [0.15, 0.2) is 48.5 Å². The van der Waals surface area contributed by atoms with Gasteiger partial charge in [0, 0.05) is 30.8 Å². The van der Waals surface area contributed by atoms with Crippen molar-refractivity contribution in [2.45, 2.75) is 37.8 Å². The van der Waals surface area contributed by atoms with Crippen LogP contribution in [0.2, 0.25) is 0 Å². The maximum absolute atomic E-state index is 13.1. The molecule has 250 valence electrons. The summed E-state index contributed by atoms with van der Waals surface area (Å²) in [6.07, 6.45) is 1.97. The van der Waals surface area contributed by atoms with Crippen LogP contribution in [-0.4, -0.2) is 105 Å². The number of ether oxygens (including phenoxy) is 3. The minimum atomic E-state index is -1.02. The molecule has 5 rings (SSSR count). The highest BCUT2D eigenvalue weighted by atomic mass is 16.5. The molecule has 2 unspecified atom stereocenters. The molecular weight excluding hydrogens is 610 g/mol. The molecule has 0 bridgehead atoms. The van der Waals surface area contributed by atoms with E-state index in [4.69, 9.17) is 14.2 Å². The van der Waals surface area contributed by atoms with E-state index in [1.165, 1.54) is 0 Å². The molecule has 1 saturated heterocycles. The van der Waals surface area contributed by atoms with Gasteiger partial charge in [0.15, 0.2) is 0 Å². The summed E-state index contributed by atoms with van der Waals surface area (Å²) in [7, 11) is 0. The minimum absolute atomic E-state index is 0.0580. The Bertz CT molecular complexity index is 1480. The normalized spacial score (nSPS) is 18.0. The molecular formula is C33H39N5O9. The molecule has 47 heavy (non-hydrogen) atoms. The van der Waals surface area contributed by atoms with Crippen molar-refractivity contribution in [1.29, 1.82) is 0 Å². The van der Waals surface area contributed by atoms with Crippen LogP contribution in [-0.2, 0) is 28.6 Å². The zero-order chi connectivity index (χ0) is 33.2. The van der Waals surface area contributed by atoms with Crippen LogP contribution >= 0.6 is 0 Å². The average molecular weight is 650 g/mol. The quantitative estimate of drug-likeness (QED) is 0.134. The number of piperidine rings is 1. The summed E-state index contributed by atoms with van der Waals surface area (Å²) in [5.74, 6) is -2.53. The van der Waals surface area contributed by atoms with Crippen LogP contribution in [0.3, 0.4) is 0 Å². The minimum Gasteiger partial charge on any atom is -0.382 e. The van der Waals surface area contributed by atoms with Gasteiger partial charge in [-0.1, -0.05) is 24.3 Å². The zero-order valence-corrected chi connectivity index (χ0v) is 26.0. The van der Waals surface area contributed by atoms with Gasteiger partial charge in [0.2, 0.25) is 17.7 Å². The second-order valence-corrected chi connectivity index (χ2v) is 11.4. The average Bonchev–Trinajstić information content (AvgIpc) is 3.88. The number of anilines is 1. The second-order valence-electron chi connectivity index (χ2n) is 11.4. The largest absolute Gasteiger partial charge is 0.382 e. The molecule has 2 aromatic carbocycles. The van der Waals surface area contributed by atoms with Gasteiger partial charge < -0.3 is 30.2 Å². The lowest BCUT2D eigenvalue weighted by molar-refractivity contribution is -0.136. The number of hydrogen-bond donors (Lipinski definition) is 4. The van der Waals surface area contributed by atoms with Crippen LogP contribution in [0.5, 0.6) is 0 Å². The third kappa shape index (κ3) is 8.78. The maximum Gasteiger partial charge on any atom is 0.264 e. The Morgan fingerprint density at radius 3 is 2.17 bits per heavy atom.